The second kappa shape index (κ2) is 10.1. The molecular formula is C27H52S. The Balaban J connectivity index is 0.000000660. The maximum absolute atomic E-state index is 4.86. The molecule has 0 N–H and O–H groups in total. The van der Waals surface area contributed by atoms with Crippen LogP contribution in [-0.4, -0.2) is 5.25 Å². The molecule has 166 valence electrons. The van der Waals surface area contributed by atoms with Gasteiger partial charge < -0.3 is 0 Å². The highest BCUT2D eigenvalue weighted by Crippen LogP contribution is 2.69. The van der Waals surface area contributed by atoms with Crippen LogP contribution >= 0.6 is 12.6 Å². The normalized spacial score (nSPS) is 49.4. The van der Waals surface area contributed by atoms with Crippen molar-refractivity contribution in [2.24, 2.45) is 46.3 Å². The largest absolute Gasteiger partial charge is 0.176 e. The zero-order valence-electron chi connectivity index (χ0n) is 20.6. The van der Waals surface area contributed by atoms with E-state index < -0.39 is 0 Å². The minimum atomic E-state index is 0.639. The molecule has 0 radical (unpaired) electrons. The molecule has 9 atom stereocenters. The second-order valence-corrected chi connectivity index (χ2v) is 11.4. The summed E-state index contributed by atoms with van der Waals surface area (Å²) in [7, 11) is 0. The Morgan fingerprint density at radius 2 is 1.54 bits per heavy atom. The average molecular weight is 409 g/mol. The molecule has 7 unspecified atom stereocenters. The topological polar surface area (TPSA) is 0 Å². The van der Waals surface area contributed by atoms with E-state index in [4.69, 9.17) is 12.6 Å². The van der Waals surface area contributed by atoms with Crippen molar-refractivity contribution in [1.29, 1.82) is 0 Å². The van der Waals surface area contributed by atoms with E-state index in [1.165, 1.54) is 57.8 Å². The number of rotatable bonds is 2. The minimum Gasteiger partial charge on any atom is -0.176 e. The van der Waals surface area contributed by atoms with Crippen molar-refractivity contribution in [3.63, 3.8) is 0 Å². The van der Waals surface area contributed by atoms with Gasteiger partial charge >= 0.3 is 0 Å². The van der Waals surface area contributed by atoms with Gasteiger partial charge in [0.05, 0.1) is 0 Å². The van der Waals surface area contributed by atoms with Gasteiger partial charge in [0.25, 0.3) is 0 Å². The summed E-state index contributed by atoms with van der Waals surface area (Å²) in [5, 5.41) is 0.686. The number of fused-ring (bicyclic) bond motifs is 5. The molecule has 0 nitrogen and oxygen atoms in total. The van der Waals surface area contributed by atoms with Crippen molar-refractivity contribution in [2.75, 3.05) is 0 Å². The molecular weight excluding hydrogens is 356 g/mol. The molecule has 0 aromatic rings. The van der Waals surface area contributed by atoms with E-state index in [2.05, 4.69) is 27.7 Å². The van der Waals surface area contributed by atoms with Crippen LogP contribution < -0.4 is 0 Å². The maximum atomic E-state index is 4.86. The summed E-state index contributed by atoms with van der Waals surface area (Å²) in [6.45, 7) is 18.4. The van der Waals surface area contributed by atoms with Gasteiger partial charge in [-0.3, -0.25) is 0 Å². The quantitative estimate of drug-likeness (QED) is 0.433. The van der Waals surface area contributed by atoms with E-state index in [9.17, 15) is 0 Å². The SMILES string of the molecule is CC.CC.CCCC1CCC2C3CCC4C[C@H](S)CCC4(C)C3C[C@H](C)C12C. The van der Waals surface area contributed by atoms with E-state index in [1.54, 1.807) is 6.42 Å². The summed E-state index contributed by atoms with van der Waals surface area (Å²) in [5.74, 6) is 6.03. The lowest BCUT2D eigenvalue weighted by Gasteiger charge is -2.63. The molecule has 4 aliphatic rings. The summed E-state index contributed by atoms with van der Waals surface area (Å²) in [5.41, 5.74) is 1.29. The molecule has 0 saturated heterocycles. The van der Waals surface area contributed by atoms with Crippen LogP contribution in [0.3, 0.4) is 0 Å². The Morgan fingerprint density at radius 3 is 2.18 bits per heavy atom. The summed E-state index contributed by atoms with van der Waals surface area (Å²) in [6.07, 6.45) is 14.7. The van der Waals surface area contributed by atoms with Crippen molar-refractivity contribution in [1.82, 2.24) is 0 Å². The van der Waals surface area contributed by atoms with Gasteiger partial charge in [0.2, 0.25) is 0 Å². The first-order valence-electron chi connectivity index (χ1n) is 13.1. The number of thiol groups is 1. The molecule has 4 aliphatic carbocycles. The summed E-state index contributed by atoms with van der Waals surface area (Å²) >= 11 is 4.86. The standard InChI is InChI=1S/C23H40S.2C2H6/c1-5-6-16-8-10-20-19-9-7-17-14-18(24)11-12-22(17,3)21(19)13-15(2)23(16,20)4;2*1-2/h15-21,24H,5-14H2,1-4H3;2*1-2H3/t15-,16?,17?,18+,19?,20?,21?,22?,23?;;/m0../s1. The molecule has 0 aromatic carbocycles. The average Bonchev–Trinajstić information content (AvgIpc) is 3.05. The molecule has 4 rings (SSSR count). The number of hydrogen-bond acceptors (Lipinski definition) is 1. The first-order valence-corrected chi connectivity index (χ1v) is 13.6. The Labute approximate surface area is 183 Å². The molecule has 0 amide bonds. The highest BCUT2D eigenvalue weighted by molar-refractivity contribution is 7.80. The first-order chi connectivity index (χ1) is 13.4. The zero-order chi connectivity index (χ0) is 21.1. The monoisotopic (exact) mass is 408 g/mol. The van der Waals surface area contributed by atoms with Crippen LogP contribution in [0.1, 0.15) is 120 Å². The third-order valence-corrected chi connectivity index (χ3v) is 10.5. The molecule has 4 fully saturated rings. The van der Waals surface area contributed by atoms with Gasteiger partial charge in [-0.1, -0.05) is 68.2 Å². The lowest BCUT2D eigenvalue weighted by molar-refractivity contribution is -0.133. The molecule has 0 heterocycles. The fourth-order valence-corrected chi connectivity index (χ4v) is 8.91. The highest BCUT2D eigenvalue weighted by atomic mass is 32.1. The van der Waals surface area contributed by atoms with Crippen LogP contribution in [0.25, 0.3) is 0 Å². The van der Waals surface area contributed by atoms with Crippen molar-refractivity contribution in [2.45, 2.75) is 125 Å². The van der Waals surface area contributed by atoms with Crippen molar-refractivity contribution in [3.8, 4) is 0 Å². The Kier molecular flexibility index (Phi) is 8.88. The van der Waals surface area contributed by atoms with Crippen LogP contribution in [0, 0.1) is 46.3 Å². The Hall–Kier alpha value is 0.350. The molecule has 0 aromatic heterocycles. The third kappa shape index (κ3) is 3.97. The zero-order valence-corrected chi connectivity index (χ0v) is 21.5. The molecule has 28 heavy (non-hydrogen) atoms. The van der Waals surface area contributed by atoms with Crippen LogP contribution in [0.5, 0.6) is 0 Å². The molecule has 0 spiro atoms. The molecule has 0 bridgehead atoms. The molecule has 1 heteroatoms. The van der Waals surface area contributed by atoms with E-state index in [0.717, 1.165) is 35.5 Å². The smallest absolute Gasteiger partial charge is 0.00198 e. The predicted octanol–water partition coefficient (Wildman–Crippen LogP) is 9.04. The Bertz CT molecular complexity index is 473. The van der Waals surface area contributed by atoms with Gasteiger partial charge in [-0.2, -0.15) is 12.6 Å². The van der Waals surface area contributed by atoms with Gasteiger partial charge in [-0.05, 0) is 97.7 Å². The van der Waals surface area contributed by atoms with E-state index >= 15 is 0 Å². The summed E-state index contributed by atoms with van der Waals surface area (Å²) < 4.78 is 0. The summed E-state index contributed by atoms with van der Waals surface area (Å²) in [6, 6.07) is 0. The van der Waals surface area contributed by atoms with Gasteiger partial charge in [0, 0.05) is 5.25 Å². The first kappa shape index (κ1) is 24.6. The van der Waals surface area contributed by atoms with Crippen molar-refractivity contribution < 1.29 is 0 Å². The van der Waals surface area contributed by atoms with Crippen molar-refractivity contribution in [3.05, 3.63) is 0 Å². The van der Waals surface area contributed by atoms with Gasteiger partial charge in [0.1, 0.15) is 0 Å². The minimum absolute atomic E-state index is 0.639. The van der Waals surface area contributed by atoms with Gasteiger partial charge in [0.15, 0.2) is 0 Å². The highest BCUT2D eigenvalue weighted by Gasteiger charge is 2.61. The van der Waals surface area contributed by atoms with Crippen LogP contribution in [-0.2, 0) is 0 Å². The molecule has 0 aliphatic heterocycles. The molecule has 4 saturated carbocycles. The maximum Gasteiger partial charge on any atom is 0.00198 e. The lowest BCUT2D eigenvalue weighted by Crippen LogP contribution is -2.56. The number of hydrogen-bond donors (Lipinski definition) is 1. The van der Waals surface area contributed by atoms with E-state index in [0.29, 0.717) is 16.1 Å². The lowest BCUT2D eigenvalue weighted by atomic mass is 9.43. The van der Waals surface area contributed by atoms with E-state index in [-0.39, 0.29) is 0 Å². The Morgan fingerprint density at radius 1 is 0.857 bits per heavy atom. The van der Waals surface area contributed by atoms with Gasteiger partial charge in [-0.25, -0.2) is 0 Å². The fourth-order valence-electron chi connectivity index (χ4n) is 8.53. The van der Waals surface area contributed by atoms with Gasteiger partial charge in [-0.15, -0.1) is 0 Å². The predicted molar refractivity (Wildman–Crippen MR) is 130 cm³/mol. The fraction of sp³-hybridized carbons (Fsp3) is 1.00. The van der Waals surface area contributed by atoms with Crippen LogP contribution in [0.2, 0.25) is 0 Å². The third-order valence-electron chi connectivity index (χ3n) is 10.0. The van der Waals surface area contributed by atoms with E-state index in [1.807, 2.05) is 27.7 Å². The van der Waals surface area contributed by atoms with Crippen LogP contribution in [0.4, 0.5) is 0 Å². The van der Waals surface area contributed by atoms with Crippen LogP contribution in [0.15, 0.2) is 0 Å². The summed E-state index contributed by atoms with van der Waals surface area (Å²) in [4.78, 5) is 0. The second-order valence-electron chi connectivity index (χ2n) is 10.7. The van der Waals surface area contributed by atoms with Crippen molar-refractivity contribution >= 4 is 12.6 Å².